The van der Waals surface area contributed by atoms with Crippen molar-refractivity contribution in [1.82, 2.24) is 14.8 Å². The predicted octanol–water partition coefficient (Wildman–Crippen LogP) is 3.34. The molecule has 0 unspecified atom stereocenters. The second-order valence-corrected chi connectivity index (χ2v) is 9.47. The Morgan fingerprint density at radius 3 is 2.42 bits per heavy atom. The van der Waals surface area contributed by atoms with Crippen molar-refractivity contribution < 1.29 is 13.2 Å². The van der Waals surface area contributed by atoms with Gasteiger partial charge in [-0.1, -0.05) is 23.8 Å². The molecular weight excluding hydrogens is 412 g/mol. The summed E-state index contributed by atoms with van der Waals surface area (Å²) in [6, 6.07) is 12.3. The average molecular weight is 435 g/mol. The van der Waals surface area contributed by atoms with Gasteiger partial charge in [0.15, 0.2) is 0 Å². The highest BCUT2D eigenvalue weighted by Gasteiger charge is 2.30. The van der Waals surface area contributed by atoms with Gasteiger partial charge in [-0.15, -0.1) is 0 Å². The first-order valence-corrected chi connectivity index (χ1v) is 11.2. The summed E-state index contributed by atoms with van der Waals surface area (Å²) < 4.78 is 28.4. The van der Waals surface area contributed by atoms with Crippen molar-refractivity contribution in [3.05, 3.63) is 82.8 Å². The fourth-order valence-corrected chi connectivity index (χ4v) is 5.57. The molecule has 31 heavy (non-hydrogen) atoms. The molecule has 8 heteroatoms. The smallest absolute Gasteiger partial charge is 0.268 e. The number of amides is 1. The lowest BCUT2D eigenvalue weighted by Crippen LogP contribution is -2.21. The zero-order valence-corrected chi connectivity index (χ0v) is 18.3. The maximum Gasteiger partial charge on any atom is 0.268 e. The summed E-state index contributed by atoms with van der Waals surface area (Å²) in [5, 5.41) is 4.70. The van der Waals surface area contributed by atoms with Crippen LogP contribution in [0.5, 0.6) is 0 Å². The predicted molar refractivity (Wildman–Crippen MR) is 118 cm³/mol. The van der Waals surface area contributed by atoms with E-state index in [0.717, 1.165) is 22.3 Å². The first-order valence-electron chi connectivity index (χ1n) is 9.71. The normalized spacial score (nSPS) is 11.7. The summed E-state index contributed by atoms with van der Waals surface area (Å²) in [6.45, 7) is 6.20. The molecule has 2 heterocycles. The quantitative estimate of drug-likeness (QED) is 0.518. The van der Waals surface area contributed by atoms with Crippen molar-refractivity contribution in [1.29, 1.82) is 0 Å². The molecule has 2 aromatic carbocycles. The lowest BCUT2D eigenvalue weighted by atomic mass is 10.00. The number of nitrogens with two attached hydrogens (primary N) is 1. The van der Waals surface area contributed by atoms with Crippen LogP contribution < -0.4 is 5.73 Å². The van der Waals surface area contributed by atoms with Gasteiger partial charge in [-0.05, 0) is 61.7 Å². The van der Waals surface area contributed by atoms with E-state index in [1.807, 2.05) is 32.9 Å². The largest absolute Gasteiger partial charge is 0.364 e. The second-order valence-electron chi connectivity index (χ2n) is 7.59. The van der Waals surface area contributed by atoms with E-state index in [9.17, 15) is 13.2 Å². The van der Waals surface area contributed by atoms with Gasteiger partial charge in [0.2, 0.25) is 9.84 Å². The molecule has 0 fully saturated rings. The lowest BCUT2D eigenvalue weighted by molar-refractivity contribution is 0.0987. The van der Waals surface area contributed by atoms with Crippen LogP contribution in [-0.2, 0) is 16.4 Å². The highest BCUT2D eigenvalue weighted by molar-refractivity contribution is 7.91. The summed E-state index contributed by atoms with van der Waals surface area (Å²) in [5.41, 5.74) is 10.2. The number of sulfone groups is 1. The van der Waals surface area contributed by atoms with Crippen LogP contribution in [0, 0.1) is 20.8 Å². The minimum absolute atomic E-state index is 0.0582. The van der Waals surface area contributed by atoms with Gasteiger partial charge >= 0.3 is 0 Å². The summed E-state index contributed by atoms with van der Waals surface area (Å²) in [6.07, 6.45) is 2.79. The van der Waals surface area contributed by atoms with Crippen LogP contribution in [0.4, 0.5) is 0 Å². The van der Waals surface area contributed by atoms with E-state index in [2.05, 4.69) is 10.1 Å². The zero-order valence-electron chi connectivity index (χ0n) is 17.5. The van der Waals surface area contributed by atoms with Gasteiger partial charge in [0.05, 0.1) is 23.2 Å². The summed E-state index contributed by atoms with van der Waals surface area (Å²) in [5.74, 6) is -0.850. The molecule has 0 radical (unpaired) electrons. The minimum Gasteiger partial charge on any atom is -0.364 e. The van der Waals surface area contributed by atoms with Gasteiger partial charge in [0.25, 0.3) is 5.91 Å². The van der Waals surface area contributed by atoms with E-state index in [1.165, 1.54) is 16.9 Å². The number of benzene rings is 2. The van der Waals surface area contributed by atoms with Crippen molar-refractivity contribution in [2.24, 2.45) is 5.73 Å². The number of rotatable bonds is 5. The molecule has 158 valence electrons. The van der Waals surface area contributed by atoms with Gasteiger partial charge in [0, 0.05) is 11.6 Å². The van der Waals surface area contributed by atoms with Crippen molar-refractivity contribution >= 4 is 26.6 Å². The molecular formula is C23H22N4O3S. The van der Waals surface area contributed by atoms with Crippen molar-refractivity contribution in [3.63, 3.8) is 0 Å². The number of pyridine rings is 1. The van der Waals surface area contributed by atoms with Gasteiger partial charge in [-0.3, -0.25) is 14.5 Å². The zero-order chi connectivity index (χ0) is 22.3. The van der Waals surface area contributed by atoms with E-state index in [4.69, 9.17) is 5.73 Å². The van der Waals surface area contributed by atoms with Gasteiger partial charge < -0.3 is 5.73 Å². The number of carbonyl (C=O) groups is 1. The second kappa shape index (κ2) is 7.63. The molecule has 2 aromatic heterocycles. The fraction of sp³-hybridized carbons (Fsp3) is 0.174. The van der Waals surface area contributed by atoms with E-state index < -0.39 is 15.7 Å². The molecule has 1 amide bonds. The number of hydrogen-bond acceptors (Lipinski definition) is 5. The molecule has 0 aliphatic carbocycles. The van der Waals surface area contributed by atoms with Crippen LogP contribution in [0.3, 0.4) is 0 Å². The number of primary amides is 1. The SMILES string of the molecule is Cc1cc(C)c(Cn2ncc(S(=O)(=O)c3cccc4ncccc34)c2C(N)=O)c(C)c1. The Bertz CT molecular complexity index is 1410. The molecule has 7 nitrogen and oxygen atoms in total. The van der Waals surface area contributed by atoms with Crippen molar-refractivity contribution in [2.75, 3.05) is 0 Å². The summed E-state index contributed by atoms with van der Waals surface area (Å²) >= 11 is 0. The third-order valence-electron chi connectivity index (χ3n) is 5.37. The van der Waals surface area contributed by atoms with Crippen LogP contribution in [0.2, 0.25) is 0 Å². The Labute approximate surface area is 180 Å². The molecule has 4 rings (SSSR count). The Hall–Kier alpha value is -3.52. The molecule has 0 saturated carbocycles. The molecule has 0 aliphatic rings. The molecule has 0 bridgehead atoms. The van der Waals surface area contributed by atoms with Gasteiger partial charge in [-0.2, -0.15) is 5.10 Å². The number of nitrogens with zero attached hydrogens (tertiary/aromatic N) is 3. The molecule has 0 saturated heterocycles. The standard InChI is InChI=1S/C23H22N4O3S/c1-14-10-15(2)18(16(3)11-14)13-27-22(23(24)28)21(12-26-27)31(29,30)20-8-4-7-19-17(20)6-5-9-25-19/h4-12H,13H2,1-3H3,(H2,24,28). The maximum absolute atomic E-state index is 13.5. The van der Waals surface area contributed by atoms with E-state index in [-0.39, 0.29) is 22.0 Å². The summed E-state index contributed by atoms with van der Waals surface area (Å²) in [4.78, 5) is 16.4. The Morgan fingerprint density at radius 2 is 1.74 bits per heavy atom. The molecule has 0 atom stereocenters. The number of fused-ring (bicyclic) bond motifs is 1. The Kier molecular flexibility index (Phi) is 5.10. The third kappa shape index (κ3) is 3.59. The van der Waals surface area contributed by atoms with Crippen LogP contribution in [0.25, 0.3) is 10.9 Å². The molecule has 4 aromatic rings. The van der Waals surface area contributed by atoms with Crippen molar-refractivity contribution in [3.8, 4) is 0 Å². The highest BCUT2D eigenvalue weighted by Crippen LogP contribution is 2.30. The Balaban J connectivity index is 1.87. The van der Waals surface area contributed by atoms with Gasteiger partial charge in [0.1, 0.15) is 10.6 Å². The number of hydrogen-bond donors (Lipinski definition) is 1. The topological polar surface area (TPSA) is 108 Å². The van der Waals surface area contributed by atoms with Crippen LogP contribution >= 0.6 is 0 Å². The lowest BCUT2D eigenvalue weighted by Gasteiger charge is -2.13. The monoisotopic (exact) mass is 434 g/mol. The molecule has 2 N–H and O–H groups in total. The number of carbonyl (C=O) groups excluding carboxylic acids is 1. The van der Waals surface area contributed by atoms with E-state index in [1.54, 1.807) is 30.5 Å². The molecule has 0 aliphatic heterocycles. The van der Waals surface area contributed by atoms with Crippen LogP contribution in [-0.4, -0.2) is 29.1 Å². The van der Waals surface area contributed by atoms with E-state index in [0.29, 0.717) is 10.9 Å². The first-order chi connectivity index (χ1) is 14.7. The van der Waals surface area contributed by atoms with E-state index >= 15 is 0 Å². The minimum atomic E-state index is -4.06. The Morgan fingerprint density at radius 1 is 1.03 bits per heavy atom. The first kappa shape index (κ1) is 20.7. The number of aromatic nitrogens is 3. The molecule has 0 spiro atoms. The summed E-state index contributed by atoms with van der Waals surface area (Å²) in [7, 11) is -4.06. The number of aryl methyl sites for hydroxylation is 3. The average Bonchev–Trinajstić information content (AvgIpc) is 3.15. The van der Waals surface area contributed by atoms with Crippen LogP contribution in [0.15, 0.2) is 64.6 Å². The van der Waals surface area contributed by atoms with Crippen LogP contribution in [0.1, 0.15) is 32.7 Å². The van der Waals surface area contributed by atoms with Crippen molar-refractivity contribution in [2.45, 2.75) is 37.1 Å². The van der Waals surface area contributed by atoms with Gasteiger partial charge in [-0.25, -0.2) is 8.42 Å². The highest BCUT2D eigenvalue weighted by atomic mass is 32.2. The fourth-order valence-electron chi connectivity index (χ4n) is 3.97. The maximum atomic E-state index is 13.5. The third-order valence-corrected chi connectivity index (χ3v) is 7.19.